The quantitative estimate of drug-likeness (QED) is 0.788. The lowest BCUT2D eigenvalue weighted by Gasteiger charge is -2.33. The molecule has 0 bridgehead atoms. The van der Waals surface area contributed by atoms with E-state index in [4.69, 9.17) is 15.6 Å². The largest absolute Gasteiger partial charge is 0.389 e. The van der Waals surface area contributed by atoms with Gasteiger partial charge in [0.15, 0.2) is 5.84 Å². The molecular formula is C22H27N7OS. The van der Waals surface area contributed by atoms with E-state index in [1.54, 1.807) is 11.3 Å². The third-order valence-electron chi connectivity index (χ3n) is 6.55. The molecule has 2 aromatic rings. The minimum absolute atomic E-state index is 0.0685. The highest BCUT2D eigenvalue weighted by molar-refractivity contribution is 7.16. The van der Waals surface area contributed by atoms with Crippen molar-refractivity contribution >= 4 is 28.0 Å². The molecule has 0 radical (unpaired) electrons. The summed E-state index contributed by atoms with van der Waals surface area (Å²) in [5, 5.41) is 14.7. The number of nitrogen functional groups attached to an aromatic ring is 1. The SMILES string of the molecule is CN1CCN(c2cccc(C3=NOC(C4CCCc5sc(N)c(C#N)c54)N3C)n2)CC1. The average Bonchev–Trinajstić information content (AvgIpc) is 3.33. The number of aryl methyl sites for hydroxylation is 1. The van der Waals surface area contributed by atoms with Gasteiger partial charge in [0.25, 0.3) is 0 Å². The topological polar surface area (TPSA) is 94.0 Å². The van der Waals surface area contributed by atoms with Crippen LogP contribution in [-0.2, 0) is 11.3 Å². The molecule has 8 nitrogen and oxygen atoms in total. The van der Waals surface area contributed by atoms with Crippen LogP contribution in [0.25, 0.3) is 0 Å². The fourth-order valence-corrected chi connectivity index (χ4v) is 5.94. The van der Waals surface area contributed by atoms with E-state index in [0.717, 1.165) is 68.4 Å². The maximum atomic E-state index is 9.67. The Labute approximate surface area is 186 Å². The summed E-state index contributed by atoms with van der Waals surface area (Å²) >= 11 is 1.54. The molecule has 0 saturated carbocycles. The Morgan fingerprint density at radius 1 is 1.23 bits per heavy atom. The Kier molecular flexibility index (Phi) is 5.20. The van der Waals surface area contributed by atoms with Gasteiger partial charge in [0.05, 0.1) is 5.56 Å². The number of fused-ring (bicyclic) bond motifs is 1. The van der Waals surface area contributed by atoms with Crippen LogP contribution in [0.3, 0.4) is 0 Å². The number of likely N-dealkylation sites (N-methyl/N-ethyl adjacent to an activating group) is 2. The van der Waals surface area contributed by atoms with Crippen molar-refractivity contribution in [1.82, 2.24) is 14.8 Å². The first-order valence-corrected chi connectivity index (χ1v) is 11.6. The average molecular weight is 438 g/mol. The van der Waals surface area contributed by atoms with E-state index in [9.17, 15) is 5.26 Å². The monoisotopic (exact) mass is 437 g/mol. The molecule has 1 aliphatic carbocycles. The van der Waals surface area contributed by atoms with Crippen molar-refractivity contribution in [3.8, 4) is 6.07 Å². The van der Waals surface area contributed by atoms with Gasteiger partial charge in [-0.25, -0.2) is 4.98 Å². The highest BCUT2D eigenvalue weighted by Crippen LogP contribution is 2.45. The van der Waals surface area contributed by atoms with Gasteiger partial charge in [0, 0.05) is 44.0 Å². The Bertz CT molecular complexity index is 1050. The molecule has 2 unspecified atom stereocenters. The second-order valence-corrected chi connectivity index (χ2v) is 9.62. The first kappa shape index (κ1) is 20.1. The number of hydrogen-bond acceptors (Lipinski definition) is 9. The second-order valence-electron chi connectivity index (χ2n) is 8.48. The van der Waals surface area contributed by atoms with Crippen molar-refractivity contribution in [2.45, 2.75) is 31.4 Å². The third kappa shape index (κ3) is 3.50. The molecule has 9 heteroatoms. The zero-order chi connectivity index (χ0) is 21.5. The first-order chi connectivity index (χ1) is 15.1. The van der Waals surface area contributed by atoms with Gasteiger partial charge < -0.3 is 25.3 Å². The van der Waals surface area contributed by atoms with Crippen LogP contribution in [0, 0.1) is 11.3 Å². The molecule has 0 spiro atoms. The maximum absolute atomic E-state index is 9.67. The number of anilines is 2. The zero-order valence-electron chi connectivity index (χ0n) is 17.9. The molecule has 0 aromatic carbocycles. The van der Waals surface area contributed by atoms with Gasteiger partial charge in [-0.1, -0.05) is 11.2 Å². The number of oxime groups is 1. The Hall–Kier alpha value is -2.83. The summed E-state index contributed by atoms with van der Waals surface area (Å²) in [5.41, 5.74) is 8.62. The van der Waals surface area contributed by atoms with E-state index >= 15 is 0 Å². The highest BCUT2D eigenvalue weighted by atomic mass is 32.1. The number of nitriles is 1. The van der Waals surface area contributed by atoms with E-state index in [2.05, 4.69) is 39.0 Å². The normalized spacial score (nSPS) is 23.8. The fraction of sp³-hybridized carbons (Fsp3) is 0.500. The molecule has 1 fully saturated rings. The van der Waals surface area contributed by atoms with Crippen LogP contribution in [0.1, 0.15) is 40.5 Å². The molecule has 2 N–H and O–H groups in total. The molecule has 2 aromatic heterocycles. The molecule has 4 heterocycles. The maximum Gasteiger partial charge on any atom is 0.208 e. The van der Waals surface area contributed by atoms with Crippen molar-refractivity contribution in [2.24, 2.45) is 5.16 Å². The third-order valence-corrected chi connectivity index (χ3v) is 7.64. The molecule has 3 aliphatic rings. The van der Waals surface area contributed by atoms with Crippen LogP contribution in [0.4, 0.5) is 10.8 Å². The number of piperazine rings is 1. The highest BCUT2D eigenvalue weighted by Gasteiger charge is 2.41. The van der Waals surface area contributed by atoms with Crippen LogP contribution in [-0.4, -0.2) is 67.1 Å². The summed E-state index contributed by atoms with van der Waals surface area (Å²) in [7, 11) is 4.15. The minimum Gasteiger partial charge on any atom is -0.389 e. The van der Waals surface area contributed by atoms with Gasteiger partial charge in [0.1, 0.15) is 22.6 Å². The number of aromatic nitrogens is 1. The lowest BCUT2D eigenvalue weighted by atomic mass is 9.83. The standard InChI is InChI=1S/C22H27N7OS/c1-27-9-11-29(12-10-27)18-8-4-6-16(25-18)21-26-30-22(28(21)2)14-5-3-7-17-19(14)15(13-23)20(24)31-17/h4,6,8,14,22H,3,5,7,9-12,24H2,1-2H3. The summed E-state index contributed by atoms with van der Waals surface area (Å²) in [4.78, 5) is 18.8. The van der Waals surface area contributed by atoms with Crippen LogP contribution in [0.5, 0.6) is 0 Å². The van der Waals surface area contributed by atoms with Crippen LogP contribution in [0.15, 0.2) is 23.4 Å². The number of nitrogens with zero attached hydrogens (tertiary/aromatic N) is 6. The van der Waals surface area contributed by atoms with Gasteiger partial charge in [-0.3, -0.25) is 0 Å². The molecule has 2 atom stereocenters. The molecule has 5 rings (SSSR count). The van der Waals surface area contributed by atoms with Crippen molar-refractivity contribution in [3.05, 3.63) is 39.9 Å². The minimum atomic E-state index is -0.260. The van der Waals surface area contributed by atoms with E-state index in [-0.39, 0.29) is 12.1 Å². The Morgan fingerprint density at radius 2 is 2.03 bits per heavy atom. The van der Waals surface area contributed by atoms with Crippen LogP contribution >= 0.6 is 11.3 Å². The molecular weight excluding hydrogens is 410 g/mol. The predicted molar refractivity (Wildman–Crippen MR) is 122 cm³/mol. The smallest absolute Gasteiger partial charge is 0.208 e. The van der Waals surface area contributed by atoms with Crippen molar-refractivity contribution in [2.75, 3.05) is 50.9 Å². The number of thiophene rings is 1. The van der Waals surface area contributed by atoms with Crippen LogP contribution < -0.4 is 10.6 Å². The van der Waals surface area contributed by atoms with E-state index in [1.165, 1.54) is 4.88 Å². The number of amidine groups is 1. The summed E-state index contributed by atoms with van der Waals surface area (Å²) in [6.45, 7) is 4.01. The zero-order valence-corrected chi connectivity index (χ0v) is 18.7. The summed E-state index contributed by atoms with van der Waals surface area (Å²) in [5.74, 6) is 1.77. The number of hydrogen-bond donors (Lipinski definition) is 1. The van der Waals surface area contributed by atoms with Gasteiger partial charge in [0.2, 0.25) is 6.23 Å². The fourth-order valence-electron chi connectivity index (χ4n) is 4.81. The molecule has 0 amide bonds. The van der Waals surface area contributed by atoms with Crippen LogP contribution in [0.2, 0.25) is 0 Å². The molecule has 31 heavy (non-hydrogen) atoms. The summed E-state index contributed by atoms with van der Waals surface area (Å²) in [6.07, 6.45) is 2.72. The summed E-state index contributed by atoms with van der Waals surface area (Å²) in [6, 6.07) is 8.39. The lowest BCUT2D eigenvalue weighted by molar-refractivity contribution is -0.00412. The Morgan fingerprint density at radius 3 is 2.81 bits per heavy atom. The number of rotatable bonds is 3. The van der Waals surface area contributed by atoms with Crippen molar-refractivity contribution < 1.29 is 4.84 Å². The van der Waals surface area contributed by atoms with Crippen molar-refractivity contribution in [3.63, 3.8) is 0 Å². The molecule has 1 saturated heterocycles. The second kappa shape index (κ2) is 8.02. The molecule has 162 valence electrons. The molecule has 2 aliphatic heterocycles. The van der Waals surface area contributed by atoms with Crippen molar-refractivity contribution in [1.29, 1.82) is 5.26 Å². The number of nitrogens with two attached hydrogens (primary N) is 1. The van der Waals surface area contributed by atoms with Gasteiger partial charge in [-0.05, 0) is 44.0 Å². The lowest BCUT2D eigenvalue weighted by Crippen LogP contribution is -2.45. The van der Waals surface area contributed by atoms with E-state index in [0.29, 0.717) is 10.6 Å². The van der Waals surface area contributed by atoms with E-state index in [1.807, 2.05) is 19.2 Å². The Balaban J connectivity index is 1.39. The van der Waals surface area contributed by atoms with E-state index < -0.39 is 0 Å². The predicted octanol–water partition coefficient (Wildman–Crippen LogP) is 2.42. The van der Waals surface area contributed by atoms with Gasteiger partial charge in [-0.2, -0.15) is 5.26 Å². The first-order valence-electron chi connectivity index (χ1n) is 10.8. The van der Waals surface area contributed by atoms with Gasteiger partial charge in [-0.15, -0.1) is 11.3 Å². The van der Waals surface area contributed by atoms with Gasteiger partial charge >= 0.3 is 0 Å². The summed E-state index contributed by atoms with van der Waals surface area (Å²) < 4.78 is 0. The number of pyridine rings is 1.